The standard InChI is InChI=1S/C16H14F2N2O4/c1-23-12-6-2-10(3-7-12)14(21)19-20-15(22)11-4-8-13(9-5-11)24-16(17)18/h2-9,16H,1H3,(H,19,21)(H,20,22). The number of methoxy groups -OCH3 is 1. The summed E-state index contributed by atoms with van der Waals surface area (Å²) in [5, 5.41) is 0. The Morgan fingerprint density at radius 2 is 1.25 bits per heavy atom. The van der Waals surface area contributed by atoms with Crippen molar-refractivity contribution in [2.45, 2.75) is 6.61 Å². The molecule has 24 heavy (non-hydrogen) atoms. The van der Waals surface area contributed by atoms with Crippen LogP contribution >= 0.6 is 0 Å². The van der Waals surface area contributed by atoms with E-state index in [4.69, 9.17) is 4.74 Å². The van der Waals surface area contributed by atoms with E-state index in [-0.39, 0.29) is 11.3 Å². The Balaban J connectivity index is 1.90. The van der Waals surface area contributed by atoms with Crippen molar-refractivity contribution in [2.24, 2.45) is 0 Å². The molecular formula is C16H14F2N2O4. The normalized spacial score (nSPS) is 10.2. The molecule has 0 aliphatic rings. The van der Waals surface area contributed by atoms with E-state index in [0.29, 0.717) is 11.3 Å². The van der Waals surface area contributed by atoms with Crippen molar-refractivity contribution in [1.82, 2.24) is 10.9 Å². The van der Waals surface area contributed by atoms with Gasteiger partial charge in [0.2, 0.25) is 0 Å². The van der Waals surface area contributed by atoms with Crippen molar-refractivity contribution >= 4 is 11.8 Å². The van der Waals surface area contributed by atoms with Gasteiger partial charge in [0.25, 0.3) is 11.8 Å². The van der Waals surface area contributed by atoms with Crippen LogP contribution in [0.15, 0.2) is 48.5 Å². The fourth-order valence-electron chi connectivity index (χ4n) is 1.79. The summed E-state index contributed by atoms with van der Waals surface area (Å²) in [5.41, 5.74) is 4.98. The Kier molecular flexibility index (Phi) is 5.67. The molecule has 0 heterocycles. The summed E-state index contributed by atoms with van der Waals surface area (Å²) in [6.45, 7) is -2.94. The van der Waals surface area contributed by atoms with Gasteiger partial charge < -0.3 is 9.47 Å². The number of carbonyl (C=O) groups excluding carboxylic acids is 2. The van der Waals surface area contributed by atoms with Gasteiger partial charge in [0.05, 0.1) is 7.11 Å². The second-order valence-electron chi connectivity index (χ2n) is 4.54. The summed E-state index contributed by atoms with van der Waals surface area (Å²) in [6.07, 6.45) is 0. The van der Waals surface area contributed by atoms with Crippen molar-refractivity contribution in [1.29, 1.82) is 0 Å². The van der Waals surface area contributed by atoms with Crippen molar-refractivity contribution in [3.63, 3.8) is 0 Å². The third-order valence-corrected chi connectivity index (χ3v) is 2.98. The third-order valence-electron chi connectivity index (χ3n) is 2.98. The molecule has 0 saturated heterocycles. The maximum absolute atomic E-state index is 12.0. The molecule has 0 saturated carbocycles. The number of carbonyl (C=O) groups is 2. The Morgan fingerprint density at radius 3 is 1.62 bits per heavy atom. The molecule has 8 heteroatoms. The van der Waals surface area contributed by atoms with Gasteiger partial charge in [0.15, 0.2) is 0 Å². The first-order valence-electron chi connectivity index (χ1n) is 6.79. The molecule has 0 atom stereocenters. The molecular weight excluding hydrogens is 322 g/mol. The fourth-order valence-corrected chi connectivity index (χ4v) is 1.79. The fraction of sp³-hybridized carbons (Fsp3) is 0.125. The first-order valence-corrected chi connectivity index (χ1v) is 6.79. The Hall–Kier alpha value is -3.16. The maximum atomic E-state index is 12.0. The van der Waals surface area contributed by atoms with E-state index in [1.54, 1.807) is 12.1 Å². The molecule has 2 amide bonds. The van der Waals surface area contributed by atoms with Gasteiger partial charge in [0.1, 0.15) is 11.5 Å². The molecule has 2 aromatic rings. The number of alkyl halides is 2. The Bertz CT molecular complexity index is 703. The number of hydrogen-bond acceptors (Lipinski definition) is 4. The van der Waals surface area contributed by atoms with Gasteiger partial charge in [0, 0.05) is 11.1 Å². The monoisotopic (exact) mass is 336 g/mol. The zero-order valence-electron chi connectivity index (χ0n) is 12.6. The predicted octanol–water partition coefficient (Wildman–Crippen LogP) is 2.37. The molecule has 0 aromatic heterocycles. The van der Waals surface area contributed by atoms with Crippen LogP contribution in [0, 0.1) is 0 Å². The highest BCUT2D eigenvalue weighted by Crippen LogP contribution is 2.15. The van der Waals surface area contributed by atoms with Gasteiger partial charge in [-0.25, -0.2) is 0 Å². The van der Waals surface area contributed by atoms with Crippen LogP contribution in [0.2, 0.25) is 0 Å². The highest BCUT2D eigenvalue weighted by atomic mass is 19.3. The minimum atomic E-state index is -2.94. The number of hydrogen-bond donors (Lipinski definition) is 2. The van der Waals surface area contributed by atoms with E-state index in [2.05, 4.69) is 15.6 Å². The molecule has 6 nitrogen and oxygen atoms in total. The Morgan fingerprint density at radius 1 is 0.833 bits per heavy atom. The average molecular weight is 336 g/mol. The van der Waals surface area contributed by atoms with Gasteiger partial charge in [-0.2, -0.15) is 8.78 Å². The second-order valence-corrected chi connectivity index (χ2v) is 4.54. The lowest BCUT2D eigenvalue weighted by Gasteiger charge is -2.09. The molecule has 0 aliphatic heterocycles. The molecule has 0 unspecified atom stereocenters. The number of rotatable bonds is 5. The number of benzene rings is 2. The molecule has 2 N–H and O–H groups in total. The predicted molar refractivity (Wildman–Crippen MR) is 81.0 cm³/mol. The van der Waals surface area contributed by atoms with E-state index in [0.717, 1.165) is 0 Å². The SMILES string of the molecule is COc1ccc(C(=O)NNC(=O)c2ccc(OC(F)F)cc2)cc1. The summed E-state index contributed by atoms with van der Waals surface area (Å²) >= 11 is 0. The van der Waals surface area contributed by atoms with Crippen LogP contribution in [0.1, 0.15) is 20.7 Å². The lowest BCUT2D eigenvalue weighted by molar-refractivity contribution is -0.0498. The minimum Gasteiger partial charge on any atom is -0.497 e. The Labute approximate surface area is 136 Å². The van der Waals surface area contributed by atoms with Crippen LogP contribution in [-0.2, 0) is 0 Å². The van der Waals surface area contributed by atoms with Crippen LogP contribution in [0.3, 0.4) is 0 Å². The molecule has 126 valence electrons. The number of ether oxygens (including phenoxy) is 2. The molecule has 0 bridgehead atoms. The van der Waals surface area contributed by atoms with Crippen molar-refractivity contribution in [3.05, 3.63) is 59.7 Å². The van der Waals surface area contributed by atoms with Crippen LogP contribution in [0.25, 0.3) is 0 Å². The van der Waals surface area contributed by atoms with Crippen LogP contribution in [0.4, 0.5) is 8.78 Å². The lowest BCUT2D eigenvalue weighted by Crippen LogP contribution is -2.41. The van der Waals surface area contributed by atoms with Crippen LogP contribution in [0.5, 0.6) is 11.5 Å². The average Bonchev–Trinajstić information content (AvgIpc) is 2.59. The van der Waals surface area contributed by atoms with Crippen molar-refractivity contribution in [3.8, 4) is 11.5 Å². The number of halogens is 2. The summed E-state index contributed by atoms with van der Waals surface area (Å²) in [6, 6.07) is 11.3. The first kappa shape index (κ1) is 17.2. The molecule has 2 rings (SSSR count). The van der Waals surface area contributed by atoms with Crippen LogP contribution < -0.4 is 20.3 Å². The van der Waals surface area contributed by atoms with Gasteiger partial charge >= 0.3 is 6.61 Å². The summed E-state index contributed by atoms with van der Waals surface area (Å²) in [4.78, 5) is 23.8. The number of amides is 2. The van der Waals surface area contributed by atoms with Crippen molar-refractivity contribution in [2.75, 3.05) is 7.11 Å². The smallest absolute Gasteiger partial charge is 0.387 e. The van der Waals surface area contributed by atoms with E-state index < -0.39 is 18.4 Å². The first-order chi connectivity index (χ1) is 11.5. The quantitative estimate of drug-likeness (QED) is 0.822. The third kappa shape index (κ3) is 4.67. The lowest BCUT2D eigenvalue weighted by atomic mass is 10.2. The van der Waals surface area contributed by atoms with E-state index in [9.17, 15) is 18.4 Å². The highest BCUT2D eigenvalue weighted by molar-refractivity contribution is 5.99. The number of nitrogens with one attached hydrogen (secondary N) is 2. The second kappa shape index (κ2) is 7.91. The molecule has 0 spiro atoms. The van der Waals surface area contributed by atoms with Gasteiger partial charge in [-0.3, -0.25) is 20.4 Å². The highest BCUT2D eigenvalue weighted by Gasteiger charge is 2.10. The zero-order chi connectivity index (χ0) is 17.5. The molecule has 0 fully saturated rings. The topological polar surface area (TPSA) is 76.7 Å². The largest absolute Gasteiger partial charge is 0.497 e. The van der Waals surface area contributed by atoms with Crippen molar-refractivity contribution < 1.29 is 27.8 Å². The van der Waals surface area contributed by atoms with Crippen LogP contribution in [-0.4, -0.2) is 25.5 Å². The van der Waals surface area contributed by atoms with E-state index in [1.807, 2.05) is 0 Å². The molecule has 0 radical (unpaired) electrons. The molecule has 0 aliphatic carbocycles. The van der Waals surface area contributed by atoms with Gasteiger partial charge in [-0.05, 0) is 48.5 Å². The maximum Gasteiger partial charge on any atom is 0.387 e. The molecule has 2 aromatic carbocycles. The minimum absolute atomic E-state index is 0.0659. The summed E-state index contributed by atoms with van der Waals surface area (Å²) < 4.78 is 33.2. The summed E-state index contributed by atoms with van der Waals surface area (Å²) in [7, 11) is 1.51. The number of hydrazine groups is 1. The van der Waals surface area contributed by atoms with E-state index >= 15 is 0 Å². The van der Waals surface area contributed by atoms with Gasteiger partial charge in [-0.1, -0.05) is 0 Å². The zero-order valence-corrected chi connectivity index (χ0v) is 12.6. The van der Waals surface area contributed by atoms with E-state index in [1.165, 1.54) is 43.5 Å². The van der Waals surface area contributed by atoms with Gasteiger partial charge in [-0.15, -0.1) is 0 Å². The summed E-state index contributed by atoms with van der Waals surface area (Å²) in [5.74, 6) is -0.574.